The Morgan fingerprint density at radius 1 is 1.21 bits per heavy atom. The van der Waals surface area contributed by atoms with Crippen molar-refractivity contribution in [3.63, 3.8) is 0 Å². The third-order valence-corrected chi connectivity index (χ3v) is 3.43. The van der Waals surface area contributed by atoms with Crippen LogP contribution in [0, 0.1) is 13.8 Å². The molecule has 1 heterocycles. The molecule has 0 fully saturated rings. The van der Waals surface area contributed by atoms with Crippen molar-refractivity contribution >= 4 is 5.91 Å². The van der Waals surface area contributed by atoms with E-state index in [9.17, 15) is 4.79 Å². The number of aromatic nitrogens is 1. The third kappa shape index (κ3) is 2.55. The van der Waals surface area contributed by atoms with Gasteiger partial charge in [0.1, 0.15) is 0 Å². The van der Waals surface area contributed by atoms with Crippen LogP contribution >= 0.6 is 0 Å². The van der Waals surface area contributed by atoms with E-state index >= 15 is 0 Å². The number of nitrogens with two attached hydrogens (primary N) is 1. The molecule has 3 heteroatoms. The number of carbonyl (C=O) groups is 1. The molecule has 100 valence electrons. The Bertz CT molecular complexity index is 594. The Kier molecular flexibility index (Phi) is 3.74. The average molecular weight is 256 g/mol. The minimum absolute atomic E-state index is 0.360. The molecule has 2 rings (SSSR count). The molecule has 2 N–H and O–H groups in total. The van der Waals surface area contributed by atoms with Crippen LogP contribution in [0.5, 0.6) is 0 Å². The largest absolute Gasteiger partial charge is 0.366 e. The molecule has 3 nitrogen and oxygen atoms in total. The lowest BCUT2D eigenvalue weighted by molar-refractivity contribution is 0.0999. The first kappa shape index (κ1) is 13.4. The van der Waals surface area contributed by atoms with E-state index in [0.717, 1.165) is 29.9 Å². The van der Waals surface area contributed by atoms with E-state index in [-0.39, 0.29) is 5.91 Å². The summed E-state index contributed by atoms with van der Waals surface area (Å²) >= 11 is 0. The van der Waals surface area contributed by atoms with Crippen LogP contribution in [-0.2, 0) is 6.54 Å². The lowest BCUT2D eigenvalue weighted by atomic mass is 10.1. The molecule has 0 saturated heterocycles. The average Bonchev–Trinajstić information content (AvgIpc) is 2.69. The first-order valence-electron chi connectivity index (χ1n) is 6.61. The number of carbonyl (C=O) groups excluding carboxylic acids is 1. The van der Waals surface area contributed by atoms with Crippen molar-refractivity contribution in [2.24, 2.45) is 5.73 Å². The number of nitrogens with zero attached hydrogens (tertiary/aromatic N) is 1. The molecule has 0 unspecified atom stereocenters. The second-order valence-corrected chi connectivity index (χ2v) is 4.91. The van der Waals surface area contributed by atoms with Gasteiger partial charge in [-0.15, -0.1) is 0 Å². The molecule has 1 amide bonds. The van der Waals surface area contributed by atoms with Crippen molar-refractivity contribution in [2.75, 3.05) is 0 Å². The molecular weight excluding hydrogens is 236 g/mol. The third-order valence-electron chi connectivity index (χ3n) is 3.43. The lowest BCUT2D eigenvalue weighted by Gasteiger charge is -2.10. The van der Waals surface area contributed by atoms with Gasteiger partial charge in [0.25, 0.3) is 5.91 Å². The molecular formula is C16H20N2O. The van der Waals surface area contributed by atoms with Crippen molar-refractivity contribution in [3.05, 3.63) is 47.2 Å². The minimum Gasteiger partial charge on any atom is -0.366 e. The summed E-state index contributed by atoms with van der Waals surface area (Å²) in [5.74, 6) is -0.360. The lowest BCUT2D eigenvalue weighted by Crippen LogP contribution is -2.12. The fraction of sp³-hybridized carbons (Fsp3) is 0.312. The van der Waals surface area contributed by atoms with Gasteiger partial charge in [-0.2, -0.15) is 0 Å². The summed E-state index contributed by atoms with van der Waals surface area (Å²) in [6.07, 6.45) is 1.02. The van der Waals surface area contributed by atoms with Crippen LogP contribution in [0.15, 0.2) is 30.3 Å². The molecule has 2 aromatic rings. The summed E-state index contributed by atoms with van der Waals surface area (Å²) in [6.45, 7) is 7.03. The van der Waals surface area contributed by atoms with E-state index in [4.69, 9.17) is 5.73 Å². The maximum absolute atomic E-state index is 11.5. The van der Waals surface area contributed by atoms with Crippen LogP contribution in [0.1, 0.15) is 35.0 Å². The second kappa shape index (κ2) is 5.31. The zero-order valence-electron chi connectivity index (χ0n) is 11.7. The van der Waals surface area contributed by atoms with Crippen LogP contribution in [0.3, 0.4) is 0 Å². The summed E-state index contributed by atoms with van der Waals surface area (Å²) in [6, 6.07) is 10.2. The molecule has 0 radical (unpaired) electrons. The maximum Gasteiger partial charge on any atom is 0.250 e. The molecule has 0 atom stereocenters. The van der Waals surface area contributed by atoms with E-state index in [1.807, 2.05) is 13.0 Å². The van der Waals surface area contributed by atoms with Crippen LogP contribution in [0.4, 0.5) is 0 Å². The van der Waals surface area contributed by atoms with Gasteiger partial charge in [0.05, 0.1) is 5.56 Å². The number of benzene rings is 1. The van der Waals surface area contributed by atoms with E-state index in [0.29, 0.717) is 5.56 Å². The van der Waals surface area contributed by atoms with Crippen LogP contribution in [-0.4, -0.2) is 10.5 Å². The van der Waals surface area contributed by atoms with Crippen molar-refractivity contribution in [1.82, 2.24) is 4.57 Å². The highest BCUT2D eigenvalue weighted by molar-refractivity contribution is 5.95. The molecule has 0 saturated carbocycles. The van der Waals surface area contributed by atoms with E-state index in [1.165, 1.54) is 5.56 Å². The Morgan fingerprint density at radius 2 is 1.84 bits per heavy atom. The SMILES string of the molecule is CCCn1c(-c2ccc(C)cc2)cc(C(N)=O)c1C. The van der Waals surface area contributed by atoms with Gasteiger partial charge >= 0.3 is 0 Å². The molecule has 0 spiro atoms. The summed E-state index contributed by atoms with van der Waals surface area (Å²) in [5.41, 5.74) is 10.4. The fourth-order valence-electron chi connectivity index (χ4n) is 2.37. The van der Waals surface area contributed by atoms with Gasteiger partial charge in [0.15, 0.2) is 0 Å². The van der Waals surface area contributed by atoms with E-state index < -0.39 is 0 Å². The van der Waals surface area contributed by atoms with Gasteiger partial charge in [-0.1, -0.05) is 36.8 Å². The van der Waals surface area contributed by atoms with Gasteiger partial charge in [0.2, 0.25) is 0 Å². The maximum atomic E-state index is 11.5. The quantitative estimate of drug-likeness (QED) is 0.896. The zero-order valence-corrected chi connectivity index (χ0v) is 11.7. The molecule has 0 aliphatic carbocycles. The van der Waals surface area contributed by atoms with Gasteiger partial charge < -0.3 is 10.3 Å². The van der Waals surface area contributed by atoms with Crippen LogP contribution in [0.25, 0.3) is 11.3 Å². The second-order valence-electron chi connectivity index (χ2n) is 4.91. The van der Waals surface area contributed by atoms with Crippen molar-refractivity contribution in [2.45, 2.75) is 33.7 Å². The topological polar surface area (TPSA) is 48.0 Å². The normalized spacial score (nSPS) is 10.7. The number of hydrogen-bond acceptors (Lipinski definition) is 1. The molecule has 0 aliphatic heterocycles. The highest BCUT2D eigenvalue weighted by atomic mass is 16.1. The number of amides is 1. The fourth-order valence-corrected chi connectivity index (χ4v) is 2.37. The zero-order chi connectivity index (χ0) is 14.0. The predicted molar refractivity (Wildman–Crippen MR) is 78.2 cm³/mol. The van der Waals surface area contributed by atoms with E-state index in [1.54, 1.807) is 0 Å². The highest BCUT2D eigenvalue weighted by Crippen LogP contribution is 2.26. The molecule has 0 bridgehead atoms. The number of rotatable bonds is 4. The van der Waals surface area contributed by atoms with Crippen molar-refractivity contribution < 1.29 is 4.79 Å². The highest BCUT2D eigenvalue weighted by Gasteiger charge is 2.15. The van der Waals surface area contributed by atoms with Gasteiger partial charge in [-0.05, 0) is 31.9 Å². The van der Waals surface area contributed by atoms with Gasteiger partial charge in [-0.25, -0.2) is 0 Å². The van der Waals surface area contributed by atoms with Crippen LogP contribution < -0.4 is 5.73 Å². The molecule has 0 aliphatic rings. The van der Waals surface area contributed by atoms with Crippen molar-refractivity contribution in [3.8, 4) is 11.3 Å². The van der Waals surface area contributed by atoms with Gasteiger partial charge in [0, 0.05) is 17.9 Å². The van der Waals surface area contributed by atoms with Crippen molar-refractivity contribution in [1.29, 1.82) is 0 Å². The molecule has 1 aromatic carbocycles. The summed E-state index contributed by atoms with van der Waals surface area (Å²) < 4.78 is 2.17. The summed E-state index contributed by atoms with van der Waals surface area (Å²) in [4.78, 5) is 11.5. The number of aryl methyl sites for hydroxylation is 1. The van der Waals surface area contributed by atoms with Gasteiger partial charge in [-0.3, -0.25) is 4.79 Å². The summed E-state index contributed by atoms with van der Waals surface area (Å²) in [7, 11) is 0. The summed E-state index contributed by atoms with van der Waals surface area (Å²) in [5, 5.41) is 0. The minimum atomic E-state index is -0.360. The first-order chi connectivity index (χ1) is 9.04. The van der Waals surface area contributed by atoms with E-state index in [2.05, 4.69) is 42.7 Å². The first-order valence-corrected chi connectivity index (χ1v) is 6.61. The Labute approximate surface area is 114 Å². The monoisotopic (exact) mass is 256 g/mol. The standard InChI is InChI=1S/C16H20N2O/c1-4-9-18-12(3)14(16(17)19)10-15(18)13-7-5-11(2)6-8-13/h5-8,10H,4,9H2,1-3H3,(H2,17,19). The molecule has 1 aromatic heterocycles. The molecule has 19 heavy (non-hydrogen) atoms. The Hall–Kier alpha value is -2.03. The number of primary amides is 1. The van der Waals surface area contributed by atoms with Crippen LogP contribution in [0.2, 0.25) is 0 Å². The number of hydrogen-bond donors (Lipinski definition) is 1. The predicted octanol–water partition coefficient (Wildman–Crippen LogP) is 3.28. The Balaban J connectivity index is 2.58. The smallest absolute Gasteiger partial charge is 0.250 e. The Morgan fingerprint density at radius 3 is 2.37 bits per heavy atom.